The molecule has 0 fully saturated rings. The van der Waals surface area contributed by atoms with E-state index in [4.69, 9.17) is 0 Å². The number of hydrogen-bond donors (Lipinski definition) is 0. The number of rotatable bonds is 2. The molecular weight excluding hydrogens is 194 g/mol. The summed E-state index contributed by atoms with van der Waals surface area (Å²) in [5, 5.41) is 0.766. The van der Waals surface area contributed by atoms with Crippen molar-refractivity contribution in [2.75, 3.05) is 18.4 Å². The SMILES string of the molecule is O=C(CCBr)N1CC=CC1. The quantitative estimate of drug-likeness (QED) is 0.488. The van der Waals surface area contributed by atoms with Crippen LogP contribution >= 0.6 is 15.9 Å². The Hall–Kier alpha value is -0.310. The van der Waals surface area contributed by atoms with Gasteiger partial charge in [-0.15, -0.1) is 0 Å². The van der Waals surface area contributed by atoms with E-state index in [0.717, 1.165) is 18.4 Å². The number of amides is 1. The molecule has 0 unspecified atom stereocenters. The van der Waals surface area contributed by atoms with Gasteiger partial charge in [-0.3, -0.25) is 4.79 Å². The molecule has 1 heterocycles. The molecule has 0 saturated carbocycles. The van der Waals surface area contributed by atoms with Gasteiger partial charge in [0.05, 0.1) is 0 Å². The Morgan fingerprint density at radius 1 is 1.50 bits per heavy atom. The Bertz CT molecular complexity index is 148. The van der Waals surface area contributed by atoms with Crippen LogP contribution in [0.15, 0.2) is 12.2 Å². The van der Waals surface area contributed by atoms with E-state index in [2.05, 4.69) is 15.9 Å². The van der Waals surface area contributed by atoms with Crippen LogP contribution in [0.5, 0.6) is 0 Å². The average molecular weight is 204 g/mol. The zero-order valence-corrected chi connectivity index (χ0v) is 7.30. The summed E-state index contributed by atoms with van der Waals surface area (Å²) in [7, 11) is 0. The molecule has 0 saturated heterocycles. The standard InChI is InChI=1S/C7H10BrNO/c8-4-3-7(10)9-5-1-2-6-9/h1-2H,3-6H2. The van der Waals surface area contributed by atoms with Gasteiger partial charge >= 0.3 is 0 Å². The molecular formula is C7H10BrNO. The van der Waals surface area contributed by atoms with Crippen LogP contribution in [0.4, 0.5) is 0 Å². The lowest BCUT2D eigenvalue weighted by Crippen LogP contribution is -2.28. The van der Waals surface area contributed by atoms with Crippen LogP contribution < -0.4 is 0 Å². The lowest BCUT2D eigenvalue weighted by molar-refractivity contribution is -0.129. The molecule has 0 radical (unpaired) electrons. The first-order valence-corrected chi connectivity index (χ1v) is 4.45. The van der Waals surface area contributed by atoms with Gasteiger partial charge in [-0.2, -0.15) is 0 Å². The van der Waals surface area contributed by atoms with Crippen LogP contribution in [-0.4, -0.2) is 29.2 Å². The molecule has 0 aromatic heterocycles. The van der Waals surface area contributed by atoms with Gasteiger partial charge in [-0.05, 0) is 0 Å². The van der Waals surface area contributed by atoms with Crippen molar-refractivity contribution in [1.82, 2.24) is 4.90 Å². The van der Waals surface area contributed by atoms with Crippen molar-refractivity contribution in [1.29, 1.82) is 0 Å². The molecule has 1 aliphatic rings. The molecule has 1 aliphatic heterocycles. The summed E-state index contributed by atoms with van der Waals surface area (Å²) < 4.78 is 0. The molecule has 56 valence electrons. The maximum atomic E-state index is 11.1. The summed E-state index contributed by atoms with van der Waals surface area (Å²) in [6, 6.07) is 0. The number of alkyl halides is 1. The number of carbonyl (C=O) groups excluding carboxylic acids is 1. The van der Waals surface area contributed by atoms with Crippen LogP contribution in [0.3, 0.4) is 0 Å². The lowest BCUT2D eigenvalue weighted by atomic mass is 10.4. The van der Waals surface area contributed by atoms with E-state index in [1.807, 2.05) is 17.1 Å². The van der Waals surface area contributed by atoms with Crippen LogP contribution in [0, 0.1) is 0 Å². The fraction of sp³-hybridized carbons (Fsp3) is 0.571. The van der Waals surface area contributed by atoms with E-state index in [1.54, 1.807) is 0 Å². The van der Waals surface area contributed by atoms with Gasteiger partial charge in [0.1, 0.15) is 0 Å². The predicted octanol–water partition coefficient (Wildman–Crippen LogP) is 1.17. The molecule has 0 atom stereocenters. The zero-order chi connectivity index (χ0) is 7.40. The van der Waals surface area contributed by atoms with Crippen LogP contribution in [0.1, 0.15) is 6.42 Å². The van der Waals surface area contributed by atoms with Crippen molar-refractivity contribution in [3.63, 3.8) is 0 Å². The fourth-order valence-corrected chi connectivity index (χ4v) is 1.26. The molecule has 0 N–H and O–H groups in total. The van der Waals surface area contributed by atoms with Gasteiger partial charge in [-0.25, -0.2) is 0 Å². The van der Waals surface area contributed by atoms with E-state index in [1.165, 1.54) is 0 Å². The van der Waals surface area contributed by atoms with E-state index in [9.17, 15) is 4.79 Å². The Kier molecular flexibility index (Phi) is 2.93. The highest BCUT2D eigenvalue weighted by atomic mass is 79.9. The molecule has 0 bridgehead atoms. The van der Waals surface area contributed by atoms with Crippen molar-refractivity contribution >= 4 is 21.8 Å². The van der Waals surface area contributed by atoms with Gasteiger partial charge in [0.25, 0.3) is 0 Å². The van der Waals surface area contributed by atoms with E-state index in [-0.39, 0.29) is 5.91 Å². The van der Waals surface area contributed by atoms with Crippen molar-refractivity contribution in [3.8, 4) is 0 Å². The molecule has 10 heavy (non-hydrogen) atoms. The van der Waals surface area contributed by atoms with Gasteiger partial charge in [0.15, 0.2) is 0 Å². The third-order valence-corrected chi connectivity index (χ3v) is 1.88. The molecule has 0 aromatic rings. The van der Waals surface area contributed by atoms with E-state index < -0.39 is 0 Å². The molecule has 2 nitrogen and oxygen atoms in total. The first-order valence-electron chi connectivity index (χ1n) is 3.33. The molecule has 1 amide bonds. The largest absolute Gasteiger partial charge is 0.335 e. The maximum absolute atomic E-state index is 11.1. The molecule has 0 spiro atoms. The zero-order valence-electron chi connectivity index (χ0n) is 5.72. The maximum Gasteiger partial charge on any atom is 0.223 e. The highest BCUT2D eigenvalue weighted by Gasteiger charge is 2.11. The minimum atomic E-state index is 0.238. The molecule has 0 aliphatic carbocycles. The van der Waals surface area contributed by atoms with Crippen LogP contribution in [0.2, 0.25) is 0 Å². The van der Waals surface area contributed by atoms with Crippen molar-refractivity contribution < 1.29 is 4.79 Å². The summed E-state index contributed by atoms with van der Waals surface area (Å²) in [5.74, 6) is 0.238. The van der Waals surface area contributed by atoms with Crippen LogP contribution in [-0.2, 0) is 4.79 Å². The van der Waals surface area contributed by atoms with Gasteiger partial charge in [-0.1, -0.05) is 28.1 Å². The monoisotopic (exact) mass is 203 g/mol. The van der Waals surface area contributed by atoms with Crippen molar-refractivity contribution in [2.45, 2.75) is 6.42 Å². The highest BCUT2D eigenvalue weighted by Crippen LogP contribution is 2.02. The highest BCUT2D eigenvalue weighted by molar-refractivity contribution is 9.09. The normalized spacial score (nSPS) is 16.3. The second-order valence-electron chi connectivity index (χ2n) is 2.21. The van der Waals surface area contributed by atoms with Crippen LogP contribution in [0.25, 0.3) is 0 Å². The summed E-state index contributed by atoms with van der Waals surface area (Å²) in [6.45, 7) is 1.59. The molecule has 0 aromatic carbocycles. The smallest absolute Gasteiger partial charge is 0.223 e. The minimum Gasteiger partial charge on any atom is -0.335 e. The summed E-state index contributed by atoms with van der Waals surface area (Å²) in [5.41, 5.74) is 0. The fourth-order valence-electron chi connectivity index (χ4n) is 0.921. The Labute approximate surface area is 69.0 Å². The number of halogens is 1. The topological polar surface area (TPSA) is 20.3 Å². The third-order valence-electron chi connectivity index (χ3n) is 1.48. The first kappa shape index (κ1) is 7.79. The van der Waals surface area contributed by atoms with Gasteiger partial charge < -0.3 is 4.90 Å². The Morgan fingerprint density at radius 2 is 2.10 bits per heavy atom. The third kappa shape index (κ3) is 1.84. The second-order valence-corrected chi connectivity index (χ2v) is 3.00. The lowest BCUT2D eigenvalue weighted by Gasteiger charge is -2.13. The predicted molar refractivity (Wildman–Crippen MR) is 44.1 cm³/mol. The second kappa shape index (κ2) is 3.76. The number of carbonyl (C=O) groups is 1. The van der Waals surface area contributed by atoms with Crippen molar-refractivity contribution in [2.24, 2.45) is 0 Å². The average Bonchev–Trinajstić information content (AvgIpc) is 2.38. The minimum absolute atomic E-state index is 0.238. The Balaban J connectivity index is 2.28. The van der Waals surface area contributed by atoms with E-state index in [0.29, 0.717) is 6.42 Å². The summed E-state index contributed by atoms with van der Waals surface area (Å²) in [4.78, 5) is 12.9. The molecule has 3 heteroatoms. The first-order chi connectivity index (χ1) is 4.84. The Morgan fingerprint density at radius 3 is 2.60 bits per heavy atom. The number of hydrogen-bond acceptors (Lipinski definition) is 1. The summed E-state index contributed by atoms with van der Waals surface area (Å²) in [6.07, 6.45) is 4.65. The summed E-state index contributed by atoms with van der Waals surface area (Å²) >= 11 is 3.23. The van der Waals surface area contributed by atoms with Crippen molar-refractivity contribution in [3.05, 3.63) is 12.2 Å². The van der Waals surface area contributed by atoms with Gasteiger partial charge in [0, 0.05) is 24.8 Å². The van der Waals surface area contributed by atoms with Gasteiger partial charge in [0.2, 0.25) is 5.91 Å². The molecule has 1 rings (SSSR count). The number of nitrogens with zero attached hydrogens (tertiary/aromatic N) is 1. The van der Waals surface area contributed by atoms with E-state index >= 15 is 0 Å².